The second-order valence-corrected chi connectivity index (χ2v) is 8.84. The molecule has 2 amide bonds. The van der Waals surface area contributed by atoms with Crippen LogP contribution in [0.4, 0.5) is 0 Å². The normalized spacial score (nSPS) is 24.2. The molecular formula is C25H32N2O3. The standard InChI is InChI=1S/C25H32N2O3/c1-30-18-21-10-4-5-16-27(21)24(29)13-15-25(14-12-23(28)26-25)17-20-9-6-8-19-7-2-3-11-22(19)20/h2-3,6-9,11,21H,4-5,10,12-18H2,1H3,(H,26,28)/t21-,25-/m1/s1. The molecule has 1 N–H and O–H groups in total. The summed E-state index contributed by atoms with van der Waals surface area (Å²) in [5, 5.41) is 5.68. The molecule has 2 aliphatic heterocycles. The highest BCUT2D eigenvalue weighted by molar-refractivity contribution is 5.86. The SMILES string of the molecule is COC[C@H]1CCCCN1C(=O)CC[C@@]1(Cc2cccc3ccccc23)CCC(=O)N1. The van der Waals surface area contributed by atoms with Crippen molar-refractivity contribution in [2.24, 2.45) is 0 Å². The van der Waals surface area contributed by atoms with Crippen LogP contribution in [0.5, 0.6) is 0 Å². The van der Waals surface area contributed by atoms with Crippen LogP contribution in [-0.2, 0) is 20.7 Å². The zero-order chi connectivity index (χ0) is 21.0. The largest absolute Gasteiger partial charge is 0.383 e. The Morgan fingerprint density at radius 3 is 2.83 bits per heavy atom. The number of hydrogen-bond donors (Lipinski definition) is 1. The van der Waals surface area contributed by atoms with Crippen molar-refractivity contribution in [3.63, 3.8) is 0 Å². The molecule has 5 nitrogen and oxygen atoms in total. The lowest BCUT2D eigenvalue weighted by Crippen LogP contribution is -2.48. The Morgan fingerprint density at radius 1 is 1.20 bits per heavy atom. The van der Waals surface area contributed by atoms with Gasteiger partial charge in [-0.05, 0) is 54.9 Å². The number of carbonyl (C=O) groups excluding carboxylic acids is 2. The lowest BCUT2D eigenvalue weighted by Gasteiger charge is -2.37. The van der Waals surface area contributed by atoms with E-state index in [2.05, 4.69) is 41.7 Å². The number of ether oxygens (including phenoxy) is 1. The Morgan fingerprint density at radius 2 is 2.03 bits per heavy atom. The van der Waals surface area contributed by atoms with Crippen molar-refractivity contribution in [1.82, 2.24) is 10.2 Å². The number of benzene rings is 2. The van der Waals surface area contributed by atoms with Gasteiger partial charge in [-0.1, -0.05) is 42.5 Å². The molecule has 2 heterocycles. The molecule has 0 aromatic heterocycles. The number of likely N-dealkylation sites (tertiary alicyclic amines) is 1. The van der Waals surface area contributed by atoms with Crippen molar-refractivity contribution in [1.29, 1.82) is 0 Å². The molecule has 2 aliphatic rings. The van der Waals surface area contributed by atoms with Crippen molar-refractivity contribution in [2.45, 2.75) is 62.9 Å². The van der Waals surface area contributed by atoms with Crippen LogP contribution in [0, 0.1) is 0 Å². The fraction of sp³-hybridized carbons (Fsp3) is 0.520. The summed E-state index contributed by atoms with van der Waals surface area (Å²) in [7, 11) is 1.70. The number of carbonyl (C=O) groups is 2. The summed E-state index contributed by atoms with van der Waals surface area (Å²) in [5.74, 6) is 0.285. The first-order valence-corrected chi connectivity index (χ1v) is 11.2. The topological polar surface area (TPSA) is 58.6 Å². The Kier molecular flexibility index (Phi) is 6.38. The quantitative estimate of drug-likeness (QED) is 0.757. The zero-order valence-electron chi connectivity index (χ0n) is 17.9. The highest BCUT2D eigenvalue weighted by Crippen LogP contribution is 2.32. The third-order valence-electron chi connectivity index (χ3n) is 6.77. The zero-order valence-corrected chi connectivity index (χ0v) is 17.9. The van der Waals surface area contributed by atoms with Crippen LogP contribution >= 0.6 is 0 Å². The summed E-state index contributed by atoms with van der Waals surface area (Å²) >= 11 is 0. The Hall–Kier alpha value is -2.40. The predicted octanol–water partition coefficient (Wildman–Crippen LogP) is 3.84. The molecule has 2 atom stereocenters. The number of fused-ring (bicyclic) bond motifs is 1. The van der Waals surface area contributed by atoms with Gasteiger partial charge in [-0.2, -0.15) is 0 Å². The maximum atomic E-state index is 13.1. The average molecular weight is 409 g/mol. The molecule has 0 unspecified atom stereocenters. The lowest BCUT2D eigenvalue weighted by molar-refractivity contribution is -0.136. The number of rotatable bonds is 7. The first-order chi connectivity index (χ1) is 14.6. The summed E-state index contributed by atoms with van der Waals surface area (Å²) in [4.78, 5) is 27.3. The van der Waals surface area contributed by atoms with Gasteiger partial charge in [-0.15, -0.1) is 0 Å². The summed E-state index contributed by atoms with van der Waals surface area (Å²) in [6, 6.07) is 14.9. The maximum Gasteiger partial charge on any atom is 0.222 e. The predicted molar refractivity (Wildman–Crippen MR) is 118 cm³/mol. The molecule has 4 rings (SSSR count). The summed E-state index contributed by atoms with van der Waals surface area (Å²) in [6.45, 7) is 1.42. The second kappa shape index (κ2) is 9.17. The molecule has 0 bridgehead atoms. The molecule has 2 saturated heterocycles. The van der Waals surface area contributed by atoms with E-state index in [9.17, 15) is 9.59 Å². The molecule has 5 heteroatoms. The fourth-order valence-corrected chi connectivity index (χ4v) is 5.18. The average Bonchev–Trinajstić information content (AvgIpc) is 3.13. The van der Waals surface area contributed by atoms with Gasteiger partial charge in [0.2, 0.25) is 11.8 Å². The van der Waals surface area contributed by atoms with Gasteiger partial charge in [-0.3, -0.25) is 9.59 Å². The number of methoxy groups -OCH3 is 1. The van der Waals surface area contributed by atoms with Crippen LogP contribution in [0.25, 0.3) is 10.8 Å². The van der Waals surface area contributed by atoms with Gasteiger partial charge in [0, 0.05) is 32.0 Å². The molecule has 2 fully saturated rings. The number of nitrogens with zero attached hydrogens (tertiary/aromatic N) is 1. The molecule has 0 aliphatic carbocycles. The van der Waals surface area contributed by atoms with E-state index in [0.29, 0.717) is 25.9 Å². The van der Waals surface area contributed by atoms with Crippen LogP contribution in [0.15, 0.2) is 42.5 Å². The smallest absolute Gasteiger partial charge is 0.222 e. The van der Waals surface area contributed by atoms with Crippen LogP contribution < -0.4 is 5.32 Å². The molecule has 0 radical (unpaired) electrons. The third kappa shape index (κ3) is 4.51. The Bertz CT molecular complexity index is 905. The van der Waals surface area contributed by atoms with Gasteiger partial charge >= 0.3 is 0 Å². The minimum Gasteiger partial charge on any atom is -0.383 e. The first kappa shape index (κ1) is 20.9. The minimum atomic E-state index is -0.344. The number of nitrogens with one attached hydrogen (secondary N) is 1. The van der Waals surface area contributed by atoms with E-state index in [1.54, 1.807) is 7.11 Å². The van der Waals surface area contributed by atoms with Gasteiger partial charge in [0.1, 0.15) is 0 Å². The first-order valence-electron chi connectivity index (χ1n) is 11.2. The molecule has 30 heavy (non-hydrogen) atoms. The minimum absolute atomic E-state index is 0.0953. The van der Waals surface area contributed by atoms with Crippen LogP contribution in [0.3, 0.4) is 0 Å². The van der Waals surface area contributed by atoms with Crippen molar-refractivity contribution in [3.05, 3.63) is 48.0 Å². The van der Waals surface area contributed by atoms with Crippen LogP contribution in [0.2, 0.25) is 0 Å². The van der Waals surface area contributed by atoms with E-state index in [-0.39, 0.29) is 23.4 Å². The third-order valence-corrected chi connectivity index (χ3v) is 6.77. The summed E-state index contributed by atoms with van der Waals surface area (Å²) < 4.78 is 5.34. The number of amides is 2. The van der Waals surface area contributed by atoms with Crippen molar-refractivity contribution >= 4 is 22.6 Å². The van der Waals surface area contributed by atoms with Gasteiger partial charge in [0.05, 0.1) is 12.6 Å². The van der Waals surface area contributed by atoms with Crippen LogP contribution in [0.1, 0.15) is 50.5 Å². The maximum absolute atomic E-state index is 13.1. The molecular weight excluding hydrogens is 376 g/mol. The molecule has 0 spiro atoms. The van der Waals surface area contributed by atoms with Gasteiger partial charge in [0.15, 0.2) is 0 Å². The fourth-order valence-electron chi connectivity index (χ4n) is 5.18. The molecule has 0 saturated carbocycles. The van der Waals surface area contributed by atoms with E-state index < -0.39 is 0 Å². The van der Waals surface area contributed by atoms with E-state index in [0.717, 1.165) is 38.6 Å². The number of piperidine rings is 1. The van der Waals surface area contributed by atoms with Crippen molar-refractivity contribution in [3.8, 4) is 0 Å². The molecule has 160 valence electrons. The monoisotopic (exact) mass is 408 g/mol. The Balaban J connectivity index is 1.50. The van der Waals surface area contributed by atoms with E-state index in [1.807, 2.05) is 11.0 Å². The second-order valence-electron chi connectivity index (χ2n) is 8.84. The van der Waals surface area contributed by atoms with Crippen molar-refractivity contribution in [2.75, 3.05) is 20.3 Å². The van der Waals surface area contributed by atoms with Crippen molar-refractivity contribution < 1.29 is 14.3 Å². The number of hydrogen-bond acceptors (Lipinski definition) is 3. The highest BCUT2D eigenvalue weighted by atomic mass is 16.5. The van der Waals surface area contributed by atoms with Gasteiger partial charge < -0.3 is 15.0 Å². The van der Waals surface area contributed by atoms with E-state index in [4.69, 9.17) is 4.74 Å². The molecule has 2 aromatic rings. The van der Waals surface area contributed by atoms with Gasteiger partial charge in [0.25, 0.3) is 0 Å². The summed E-state index contributed by atoms with van der Waals surface area (Å²) in [6.07, 6.45) is 6.44. The van der Waals surface area contributed by atoms with E-state index in [1.165, 1.54) is 16.3 Å². The molecule has 2 aromatic carbocycles. The summed E-state index contributed by atoms with van der Waals surface area (Å²) in [5.41, 5.74) is 0.890. The lowest BCUT2D eigenvalue weighted by atomic mass is 9.83. The van der Waals surface area contributed by atoms with E-state index >= 15 is 0 Å². The highest BCUT2D eigenvalue weighted by Gasteiger charge is 2.39. The van der Waals surface area contributed by atoms with Gasteiger partial charge in [-0.25, -0.2) is 0 Å². The Labute approximate surface area is 178 Å². The van der Waals surface area contributed by atoms with Crippen LogP contribution in [-0.4, -0.2) is 48.6 Å².